The Morgan fingerprint density at radius 3 is 2.21 bits per heavy atom. The average Bonchev–Trinajstić information content (AvgIpc) is 2.97. The minimum atomic E-state index is -4.23. The molecule has 0 fully saturated rings. The lowest BCUT2D eigenvalue weighted by atomic mass is 10.1. The van der Waals surface area contributed by atoms with Gasteiger partial charge in [-0.3, -0.25) is 13.9 Å². The molecule has 42 heavy (non-hydrogen) atoms. The number of methoxy groups -OCH3 is 1. The first kappa shape index (κ1) is 33.2. The van der Waals surface area contributed by atoms with Crippen molar-refractivity contribution in [2.75, 3.05) is 18.0 Å². The molecule has 3 rings (SSSR count). The van der Waals surface area contributed by atoms with E-state index in [0.717, 1.165) is 9.87 Å². The van der Waals surface area contributed by atoms with Crippen molar-refractivity contribution < 1.29 is 22.7 Å². The average molecular weight is 635 g/mol. The zero-order chi connectivity index (χ0) is 31.0. The summed E-state index contributed by atoms with van der Waals surface area (Å²) in [6.07, 6.45) is 1.01. The molecule has 0 aliphatic rings. The molecule has 0 spiro atoms. The number of rotatable bonds is 13. The molecule has 1 N–H and O–H groups in total. The zero-order valence-corrected chi connectivity index (χ0v) is 26.8. The predicted octanol–water partition coefficient (Wildman–Crippen LogP) is 6.23. The number of halogens is 2. The third kappa shape index (κ3) is 7.96. The third-order valence-corrected chi connectivity index (χ3v) is 9.48. The first-order valence-electron chi connectivity index (χ1n) is 13.7. The molecule has 0 unspecified atom stereocenters. The Hall–Kier alpha value is -3.27. The van der Waals surface area contributed by atoms with Crippen molar-refractivity contribution in [3.63, 3.8) is 0 Å². The molecule has 0 bridgehead atoms. The first-order chi connectivity index (χ1) is 19.9. The summed E-state index contributed by atoms with van der Waals surface area (Å²) in [6, 6.07) is 16.9. The number of nitrogens with one attached hydrogen (secondary N) is 1. The maximum atomic E-state index is 14.2. The Kier molecular flexibility index (Phi) is 11.7. The van der Waals surface area contributed by atoms with Crippen LogP contribution in [0, 0.1) is 6.92 Å². The number of carbonyl (C=O) groups excluding carboxylic acids is 2. The van der Waals surface area contributed by atoms with Crippen LogP contribution in [-0.4, -0.2) is 50.9 Å². The van der Waals surface area contributed by atoms with E-state index in [1.807, 2.05) is 20.8 Å². The topological polar surface area (TPSA) is 96.0 Å². The van der Waals surface area contributed by atoms with Gasteiger partial charge < -0.3 is 15.0 Å². The molecular weight excluding hydrogens is 597 g/mol. The van der Waals surface area contributed by atoms with Gasteiger partial charge in [-0.1, -0.05) is 72.9 Å². The molecule has 0 saturated carbocycles. The number of sulfonamides is 1. The molecule has 0 radical (unpaired) electrons. The number of nitrogens with zero attached hydrogens (tertiary/aromatic N) is 2. The fraction of sp³-hybridized carbons (Fsp3) is 0.355. The molecule has 0 aromatic heterocycles. The molecule has 0 heterocycles. The Bertz CT molecular complexity index is 1500. The predicted molar refractivity (Wildman–Crippen MR) is 168 cm³/mol. The smallest absolute Gasteiger partial charge is 0.264 e. The number of anilines is 1. The zero-order valence-electron chi connectivity index (χ0n) is 24.4. The monoisotopic (exact) mass is 633 g/mol. The number of amides is 2. The van der Waals surface area contributed by atoms with Gasteiger partial charge in [0.05, 0.1) is 27.7 Å². The normalized spacial score (nSPS) is 12.7. The number of para-hydroxylation sites is 2. The van der Waals surface area contributed by atoms with Crippen molar-refractivity contribution in [3.05, 3.63) is 87.9 Å². The quantitative estimate of drug-likeness (QED) is 0.241. The fourth-order valence-corrected chi connectivity index (χ4v) is 6.13. The van der Waals surface area contributed by atoms with Gasteiger partial charge in [0, 0.05) is 12.6 Å². The van der Waals surface area contributed by atoms with Crippen LogP contribution in [-0.2, 0) is 26.2 Å². The number of aryl methyl sites for hydroxylation is 1. The first-order valence-corrected chi connectivity index (χ1v) is 15.9. The summed E-state index contributed by atoms with van der Waals surface area (Å²) in [5.74, 6) is -0.627. The summed E-state index contributed by atoms with van der Waals surface area (Å²) in [6.45, 7) is 6.92. The Labute approximate surface area is 258 Å². The summed E-state index contributed by atoms with van der Waals surface area (Å²) in [4.78, 5) is 29.0. The lowest BCUT2D eigenvalue weighted by molar-refractivity contribution is -0.140. The van der Waals surface area contributed by atoms with Crippen LogP contribution in [0.1, 0.15) is 44.7 Å². The van der Waals surface area contributed by atoms with Crippen molar-refractivity contribution in [1.82, 2.24) is 10.2 Å². The van der Waals surface area contributed by atoms with Gasteiger partial charge in [0.2, 0.25) is 11.8 Å². The van der Waals surface area contributed by atoms with E-state index in [1.165, 1.54) is 24.1 Å². The van der Waals surface area contributed by atoms with Gasteiger partial charge >= 0.3 is 0 Å². The second kappa shape index (κ2) is 14.8. The highest BCUT2D eigenvalue weighted by Crippen LogP contribution is 2.33. The number of carbonyl (C=O) groups is 2. The summed E-state index contributed by atoms with van der Waals surface area (Å²) in [7, 11) is -2.80. The van der Waals surface area contributed by atoms with E-state index < -0.39 is 28.5 Å². The van der Waals surface area contributed by atoms with Crippen LogP contribution >= 0.6 is 23.2 Å². The van der Waals surface area contributed by atoms with Crippen molar-refractivity contribution in [1.29, 1.82) is 0 Å². The molecule has 0 saturated heterocycles. The Balaban J connectivity index is 2.11. The maximum absolute atomic E-state index is 14.2. The standard InChI is InChI=1S/C31H37Cl2N3O5S/c1-6-22(4)34-31(38)27(7-2)35(19-23-14-17-25(32)26(33)18-23)30(37)20-36(28-10-8-9-11-29(28)41-5)42(39,40)24-15-12-21(3)13-16-24/h8-18,22,27H,6-7,19-20H2,1-5H3,(H,34,38)/t22-,27+/m1/s1. The molecule has 2 atom stereocenters. The van der Waals surface area contributed by atoms with Crippen LogP contribution in [0.2, 0.25) is 10.0 Å². The summed E-state index contributed by atoms with van der Waals surface area (Å²) >= 11 is 12.4. The molecule has 3 aromatic rings. The lowest BCUT2D eigenvalue weighted by Crippen LogP contribution is -2.53. The Morgan fingerprint density at radius 2 is 1.62 bits per heavy atom. The number of hydrogen-bond donors (Lipinski definition) is 1. The molecule has 8 nitrogen and oxygen atoms in total. The lowest BCUT2D eigenvalue weighted by Gasteiger charge is -2.34. The second-order valence-corrected chi connectivity index (χ2v) is 12.7. The van der Waals surface area contributed by atoms with Gasteiger partial charge in [0.15, 0.2) is 0 Å². The summed E-state index contributed by atoms with van der Waals surface area (Å²) < 4.78 is 34.6. The van der Waals surface area contributed by atoms with Gasteiger partial charge in [0.25, 0.3) is 10.0 Å². The third-order valence-electron chi connectivity index (χ3n) is 6.97. The van der Waals surface area contributed by atoms with Gasteiger partial charge in [-0.05, 0) is 68.7 Å². The van der Waals surface area contributed by atoms with Gasteiger partial charge in [-0.25, -0.2) is 8.42 Å². The van der Waals surface area contributed by atoms with E-state index in [2.05, 4.69) is 5.32 Å². The van der Waals surface area contributed by atoms with E-state index in [0.29, 0.717) is 28.5 Å². The van der Waals surface area contributed by atoms with E-state index in [1.54, 1.807) is 61.5 Å². The highest BCUT2D eigenvalue weighted by molar-refractivity contribution is 7.92. The van der Waals surface area contributed by atoms with Crippen LogP contribution in [0.5, 0.6) is 5.75 Å². The summed E-state index contributed by atoms with van der Waals surface area (Å²) in [5, 5.41) is 3.61. The molecule has 3 aromatic carbocycles. The highest BCUT2D eigenvalue weighted by Gasteiger charge is 2.35. The molecule has 11 heteroatoms. The fourth-order valence-electron chi connectivity index (χ4n) is 4.38. The molecule has 2 amide bonds. The minimum absolute atomic E-state index is 0.00645. The maximum Gasteiger partial charge on any atom is 0.264 e. The second-order valence-electron chi connectivity index (χ2n) is 10.0. The molecule has 0 aliphatic heterocycles. The van der Waals surface area contributed by atoms with Crippen LogP contribution in [0.25, 0.3) is 0 Å². The van der Waals surface area contributed by atoms with Crippen molar-refractivity contribution in [2.24, 2.45) is 0 Å². The van der Waals surface area contributed by atoms with Crippen LogP contribution < -0.4 is 14.4 Å². The highest BCUT2D eigenvalue weighted by atomic mass is 35.5. The largest absolute Gasteiger partial charge is 0.495 e. The SMILES string of the molecule is CC[C@@H](C)NC(=O)[C@H](CC)N(Cc1ccc(Cl)c(Cl)c1)C(=O)CN(c1ccccc1OC)S(=O)(=O)c1ccc(C)cc1. The number of hydrogen-bond acceptors (Lipinski definition) is 5. The van der Waals surface area contributed by atoms with E-state index in [4.69, 9.17) is 27.9 Å². The molecule has 0 aliphatic carbocycles. The summed E-state index contributed by atoms with van der Waals surface area (Å²) in [5.41, 5.74) is 1.72. The molecule has 226 valence electrons. The van der Waals surface area contributed by atoms with E-state index >= 15 is 0 Å². The number of benzene rings is 3. The van der Waals surface area contributed by atoms with E-state index in [9.17, 15) is 18.0 Å². The molecular formula is C31H37Cl2N3O5S. The van der Waals surface area contributed by atoms with E-state index in [-0.39, 0.29) is 34.8 Å². The number of ether oxygens (including phenoxy) is 1. The van der Waals surface area contributed by atoms with Crippen LogP contribution in [0.4, 0.5) is 5.69 Å². The van der Waals surface area contributed by atoms with Crippen LogP contribution in [0.3, 0.4) is 0 Å². The van der Waals surface area contributed by atoms with Crippen molar-refractivity contribution in [3.8, 4) is 5.75 Å². The van der Waals surface area contributed by atoms with Gasteiger partial charge in [-0.2, -0.15) is 0 Å². The Morgan fingerprint density at radius 1 is 0.952 bits per heavy atom. The van der Waals surface area contributed by atoms with Crippen molar-refractivity contribution >= 4 is 50.7 Å². The minimum Gasteiger partial charge on any atom is -0.495 e. The van der Waals surface area contributed by atoms with Crippen LogP contribution in [0.15, 0.2) is 71.6 Å². The van der Waals surface area contributed by atoms with Gasteiger partial charge in [-0.15, -0.1) is 0 Å². The van der Waals surface area contributed by atoms with Crippen molar-refractivity contribution in [2.45, 2.75) is 64.1 Å². The van der Waals surface area contributed by atoms with Gasteiger partial charge in [0.1, 0.15) is 18.3 Å².